The molecule has 1 fully saturated rings. The Kier molecular flexibility index (Phi) is 5.02. The SMILES string of the molecule is O=C(CCNCCOc1ccccc1)NC1CC1. The summed E-state index contributed by atoms with van der Waals surface area (Å²) in [6.07, 6.45) is 2.83. The molecule has 4 nitrogen and oxygen atoms in total. The molecule has 0 spiro atoms. The first-order chi connectivity index (χ1) is 8.84. The van der Waals surface area contributed by atoms with Crippen LogP contribution in [0.3, 0.4) is 0 Å². The van der Waals surface area contributed by atoms with Gasteiger partial charge in [0.25, 0.3) is 0 Å². The van der Waals surface area contributed by atoms with E-state index < -0.39 is 0 Å². The van der Waals surface area contributed by atoms with Crippen molar-refractivity contribution < 1.29 is 9.53 Å². The molecular formula is C14H20N2O2. The lowest BCUT2D eigenvalue weighted by atomic mass is 10.3. The molecule has 0 aliphatic heterocycles. The standard InChI is InChI=1S/C14H20N2O2/c17-14(16-12-6-7-12)8-9-15-10-11-18-13-4-2-1-3-5-13/h1-5,12,15H,6-11H2,(H,16,17). The van der Waals surface area contributed by atoms with E-state index in [2.05, 4.69) is 10.6 Å². The van der Waals surface area contributed by atoms with E-state index in [1.807, 2.05) is 30.3 Å². The van der Waals surface area contributed by atoms with Crippen LogP contribution in [0.4, 0.5) is 0 Å². The van der Waals surface area contributed by atoms with E-state index >= 15 is 0 Å². The van der Waals surface area contributed by atoms with Crippen molar-refractivity contribution in [2.45, 2.75) is 25.3 Å². The number of hydrogen-bond donors (Lipinski definition) is 2. The molecule has 0 atom stereocenters. The van der Waals surface area contributed by atoms with Crippen LogP contribution in [0, 0.1) is 0 Å². The molecule has 0 radical (unpaired) electrons. The fourth-order valence-corrected chi connectivity index (χ4v) is 1.61. The Bertz CT molecular complexity index is 363. The smallest absolute Gasteiger partial charge is 0.221 e. The lowest BCUT2D eigenvalue weighted by molar-refractivity contribution is -0.121. The molecule has 98 valence electrons. The van der Waals surface area contributed by atoms with Gasteiger partial charge in [-0.3, -0.25) is 4.79 Å². The third-order valence-corrected chi connectivity index (χ3v) is 2.76. The maximum atomic E-state index is 11.4. The second-order valence-corrected chi connectivity index (χ2v) is 4.50. The molecule has 0 aromatic heterocycles. The van der Waals surface area contributed by atoms with Crippen molar-refractivity contribution in [2.24, 2.45) is 0 Å². The zero-order chi connectivity index (χ0) is 12.6. The quantitative estimate of drug-likeness (QED) is 0.682. The Morgan fingerprint density at radius 2 is 2.00 bits per heavy atom. The Labute approximate surface area is 108 Å². The lowest BCUT2D eigenvalue weighted by Gasteiger charge is -2.07. The van der Waals surface area contributed by atoms with Gasteiger partial charge in [0.1, 0.15) is 12.4 Å². The molecule has 2 rings (SSSR count). The van der Waals surface area contributed by atoms with Gasteiger partial charge >= 0.3 is 0 Å². The molecule has 1 amide bonds. The number of carbonyl (C=O) groups is 1. The molecule has 0 unspecified atom stereocenters. The first-order valence-corrected chi connectivity index (χ1v) is 6.52. The second kappa shape index (κ2) is 7.01. The largest absolute Gasteiger partial charge is 0.492 e. The first kappa shape index (κ1) is 12.9. The molecule has 1 aliphatic carbocycles. The van der Waals surface area contributed by atoms with Crippen molar-refractivity contribution in [1.29, 1.82) is 0 Å². The van der Waals surface area contributed by atoms with Gasteiger partial charge in [0.2, 0.25) is 5.91 Å². The van der Waals surface area contributed by atoms with Crippen molar-refractivity contribution in [1.82, 2.24) is 10.6 Å². The molecule has 4 heteroatoms. The van der Waals surface area contributed by atoms with Crippen LogP contribution in [0.2, 0.25) is 0 Å². The highest BCUT2D eigenvalue weighted by atomic mass is 16.5. The van der Waals surface area contributed by atoms with Gasteiger partial charge in [0.05, 0.1) is 0 Å². The summed E-state index contributed by atoms with van der Waals surface area (Å²) in [5.74, 6) is 1.03. The Balaban J connectivity index is 1.45. The summed E-state index contributed by atoms with van der Waals surface area (Å²) < 4.78 is 5.52. The van der Waals surface area contributed by atoms with Gasteiger partial charge in [-0.2, -0.15) is 0 Å². The third-order valence-electron chi connectivity index (χ3n) is 2.76. The summed E-state index contributed by atoms with van der Waals surface area (Å²) >= 11 is 0. The normalized spacial score (nSPS) is 14.2. The van der Waals surface area contributed by atoms with Crippen molar-refractivity contribution in [2.75, 3.05) is 19.7 Å². The minimum atomic E-state index is 0.147. The maximum Gasteiger partial charge on any atom is 0.221 e. The molecule has 0 saturated heterocycles. The van der Waals surface area contributed by atoms with Gasteiger partial charge < -0.3 is 15.4 Å². The summed E-state index contributed by atoms with van der Waals surface area (Å²) in [4.78, 5) is 11.4. The van der Waals surface area contributed by atoms with Gasteiger partial charge in [-0.15, -0.1) is 0 Å². The topological polar surface area (TPSA) is 50.4 Å². The number of hydrogen-bond acceptors (Lipinski definition) is 3. The van der Waals surface area contributed by atoms with E-state index in [-0.39, 0.29) is 5.91 Å². The zero-order valence-electron chi connectivity index (χ0n) is 10.5. The predicted molar refractivity (Wildman–Crippen MR) is 70.6 cm³/mol. The molecule has 0 bridgehead atoms. The van der Waals surface area contributed by atoms with Crippen LogP contribution in [0.15, 0.2) is 30.3 Å². The van der Waals surface area contributed by atoms with E-state index in [1.54, 1.807) is 0 Å². The highest BCUT2D eigenvalue weighted by Gasteiger charge is 2.22. The molecule has 1 aliphatic rings. The Morgan fingerprint density at radius 3 is 2.72 bits per heavy atom. The van der Waals surface area contributed by atoms with Gasteiger partial charge in [0, 0.05) is 25.6 Å². The highest BCUT2D eigenvalue weighted by Crippen LogP contribution is 2.18. The molecule has 2 N–H and O–H groups in total. The van der Waals surface area contributed by atoms with Crippen LogP contribution in [-0.2, 0) is 4.79 Å². The summed E-state index contributed by atoms with van der Waals surface area (Å²) in [6, 6.07) is 10.2. The Hall–Kier alpha value is -1.55. The van der Waals surface area contributed by atoms with Gasteiger partial charge in [-0.05, 0) is 25.0 Å². The van der Waals surface area contributed by atoms with Crippen LogP contribution in [-0.4, -0.2) is 31.6 Å². The van der Waals surface area contributed by atoms with Crippen LogP contribution in [0.5, 0.6) is 5.75 Å². The summed E-state index contributed by atoms with van der Waals surface area (Å²) in [6.45, 7) is 2.08. The highest BCUT2D eigenvalue weighted by molar-refractivity contribution is 5.76. The van der Waals surface area contributed by atoms with Gasteiger partial charge in [-0.1, -0.05) is 18.2 Å². The second-order valence-electron chi connectivity index (χ2n) is 4.50. The maximum absolute atomic E-state index is 11.4. The molecule has 18 heavy (non-hydrogen) atoms. The van der Waals surface area contributed by atoms with Crippen molar-refractivity contribution in [3.05, 3.63) is 30.3 Å². The van der Waals surface area contributed by atoms with Crippen molar-refractivity contribution in [3.8, 4) is 5.75 Å². The number of carbonyl (C=O) groups excluding carboxylic acids is 1. The minimum Gasteiger partial charge on any atom is -0.492 e. The van der Waals surface area contributed by atoms with Crippen molar-refractivity contribution >= 4 is 5.91 Å². The van der Waals surface area contributed by atoms with E-state index in [0.717, 1.165) is 25.1 Å². The number of rotatable bonds is 8. The molecule has 1 saturated carbocycles. The van der Waals surface area contributed by atoms with E-state index in [4.69, 9.17) is 4.74 Å². The van der Waals surface area contributed by atoms with Crippen LogP contribution in [0.25, 0.3) is 0 Å². The summed E-state index contributed by atoms with van der Waals surface area (Å²) in [5.41, 5.74) is 0. The fraction of sp³-hybridized carbons (Fsp3) is 0.500. The Morgan fingerprint density at radius 1 is 1.22 bits per heavy atom. The monoisotopic (exact) mass is 248 g/mol. The number of amides is 1. The van der Waals surface area contributed by atoms with Gasteiger partial charge in [0.15, 0.2) is 0 Å². The third kappa shape index (κ3) is 5.19. The average molecular weight is 248 g/mol. The number of nitrogens with one attached hydrogen (secondary N) is 2. The lowest BCUT2D eigenvalue weighted by Crippen LogP contribution is -2.30. The number of benzene rings is 1. The average Bonchev–Trinajstić information content (AvgIpc) is 3.19. The van der Waals surface area contributed by atoms with Crippen molar-refractivity contribution in [3.63, 3.8) is 0 Å². The predicted octanol–water partition coefficient (Wildman–Crippen LogP) is 1.32. The van der Waals surface area contributed by atoms with E-state index in [9.17, 15) is 4.79 Å². The first-order valence-electron chi connectivity index (χ1n) is 6.52. The minimum absolute atomic E-state index is 0.147. The fourth-order valence-electron chi connectivity index (χ4n) is 1.61. The zero-order valence-corrected chi connectivity index (χ0v) is 10.5. The molecule has 0 heterocycles. The van der Waals surface area contributed by atoms with Crippen LogP contribution >= 0.6 is 0 Å². The molecular weight excluding hydrogens is 228 g/mol. The number of para-hydroxylation sites is 1. The van der Waals surface area contributed by atoms with E-state index in [1.165, 1.54) is 0 Å². The molecule has 1 aromatic carbocycles. The van der Waals surface area contributed by atoms with Gasteiger partial charge in [-0.25, -0.2) is 0 Å². The van der Waals surface area contributed by atoms with Crippen LogP contribution < -0.4 is 15.4 Å². The summed E-state index contributed by atoms with van der Waals surface area (Å²) in [7, 11) is 0. The molecule has 1 aromatic rings. The summed E-state index contributed by atoms with van der Waals surface area (Å²) in [5, 5.41) is 6.15. The van der Waals surface area contributed by atoms with Crippen LogP contribution in [0.1, 0.15) is 19.3 Å². The number of ether oxygens (including phenoxy) is 1. The van der Waals surface area contributed by atoms with E-state index in [0.29, 0.717) is 25.6 Å².